The van der Waals surface area contributed by atoms with E-state index in [1.54, 1.807) is 7.11 Å². The monoisotopic (exact) mass is 373 g/mol. The van der Waals surface area contributed by atoms with Crippen LogP contribution in [0, 0.1) is 0 Å². The molecule has 6 heteroatoms. The van der Waals surface area contributed by atoms with Gasteiger partial charge in [0.05, 0.1) is 6.61 Å². The Balaban J connectivity index is 1.51. The van der Waals surface area contributed by atoms with Crippen LogP contribution in [0.3, 0.4) is 0 Å². The Morgan fingerprint density at radius 3 is 2.50 bits per heavy atom. The molecule has 1 amide bonds. The van der Waals surface area contributed by atoms with Crippen LogP contribution in [-0.4, -0.2) is 54.0 Å². The van der Waals surface area contributed by atoms with Crippen LogP contribution in [-0.2, 0) is 17.9 Å². The van der Waals surface area contributed by atoms with Gasteiger partial charge in [-0.15, -0.1) is 11.3 Å². The molecule has 0 aliphatic carbocycles. The van der Waals surface area contributed by atoms with Gasteiger partial charge in [-0.3, -0.25) is 9.69 Å². The van der Waals surface area contributed by atoms with E-state index in [-0.39, 0.29) is 5.91 Å². The zero-order valence-electron chi connectivity index (χ0n) is 15.8. The number of aromatic nitrogens is 1. The molecule has 1 fully saturated rings. The van der Waals surface area contributed by atoms with Crippen LogP contribution in [0.1, 0.15) is 46.4 Å². The minimum absolute atomic E-state index is 0.0320. The largest absolute Gasteiger partial charge is 0.378 e. The number of piperazine rings is 1. The number of carbonyl (C=O) groups is 1. The standard InChI is InChI=1S/C20H27N3O2S/c1-15(2)17-6-4-16(5-7-17)12-22-8-10-23(11-9-22)20(24)18-14-26-19(21-18)13-25-3/h4-7,14-15H,8-13H2,1-3H3. The molecule has 0 bridgehead atoms. The second-order valence-electron chi connectivity index (χ2n) is 7.02. The van der Waals surface area contributed by atoms with Crippen LogP contribution in [0.4, 0.5) is 0 Å². The van der Waals surface area contributed by atoms with Gasteiger partial charge in [-0.2, -0.15) is 0 Å². The zero-order chi connectivity index (χ0) is 18.5. The number of methoxy groups -OCH3 is 1. The summed E-state index contributed by atoms with van der Waals surface area (Å²) >= 11 is 1.48. The van der Waals surface area contributed by atoms with Crippen LogP contribution >= 0.6 is 11.3 Å². The van der Waals surface area contributed by atoms with Crippen molar-refractivity contribution in [2.24, 2.45) is 0 Å². The van der Waals surface area contributed by atoms with Gasteiger partial charge >= 0.3 is 0 Å². The van der Waals surface area contributed by atoms with Gasteiger partial charge in [-0.25, -0.2) is 4.98 Å². The summed E-state index contributed by atoms with van der Waals surface area (Å²) in [6.07, 6.45) is 0. The molecule has 3 rings (SSSR count). The van der Waals surface area contributed by atoms with E-state index in [4.69, 9.17) is 4.74 Å². The van der Waals surface area contributed by atoms with Gasteiger partial charge in [0.15, 0.2) is 0 Å². The maximum atomic E-state index is 12.6. The molecular weight excluding hydrogens is 346 g/mol. The quantitative estimate of drug-likeness (QED) is 0.779. The molecule has 0 N–H and O–H groups in total. The van der Waals surface area contributed by atoms with Gasteiger partial charge < -0.3 is 9.64 Å². The Morgan fingerprint density at radius 1 is 1.19 bits per heavy atom. The molecule has 5 nitrogen and oxygen atoms in total. The average molecular weight is 374 g/mol. The summed E-state index contributed by atoms with van der Waals surface area (Å²) in [5.74, 6) is 0.596. The Morgan fingerprint density at radius 2 is 1.88 bits per heavy atom. The van der Waals surface area contributed by atoms with Crippen molar-refractivity contribution in [2.75, 3.05) is 33.3 Å². The number of nitrogens with zero attached hydrogens (tertiary/aromatic N) is 3. The number of rotatable bonds is 6. The van der Waals surface area contributed by atoms with Crippen LogP contribution in [0.15, 0.2) is 29.6 Å². The molecule has 140 valence electrons. The Labute approximate surface area is 159 Å². The molecule has 0 atom stereocenters. The molecule has 2 heterocycles. The molecule has 1 aromatic heterocycles. The number of amides is 1. The van der Waals surface area contributed by atoms with Gasteiger partial charge in [0.1, 0.15) is 10.7 Å². The van der Waals surface area contributed by atoms with Crippen molar-refractivity contribution in [3.05, 3.63) is 51.5 Å². The molecule has 0 unspecified atom stereocenters. The minimum Gasteiger partial charge on any atom is -0.378 e. The Bertz CT molecular complexity index is 719. The van der Waals surface area contributed by atoms with E-state index in [2.05, 4.69) is 48.0 Å². The highest BCUT2D eigenvalue weighted by atomic mass is 32.1. The van der Waals surface area contributed by atoms with Crippen LogP contribution in [0.5, 0.6) is 0 Å². The summed E-state index contributed by atoms with van der Waals surface area (Å²) < 4.78 is 5.07. The number of ether oxygens (including phenoxy) is 1. The van der Waals surface area contributed by atoms with Crippen molar-refractivity contribution in [2.45, 2.75) is 32.9 Å². The van der Waals surface area contributed by atoms with E-state index in [0.29, 0.717) is 18.2 Å². The predicted molar refractivity (Wildman–Crippen MR) is 105 cm³/mol. The predicted octanol–water partition coefficient (Wildman–Crippen LogP) is 3.37. The number of thiazole rings is 1. The first-order chi connectivity index (χ1) is 12.6. The highest BCUT2D eigenvalue weighted by Gasteiger charge is 2.23. The normalized spacial score (nSPS) is 15.6. The molecule has 0 radical (unpaired) electrons. The lowest BCUT2D eigenvalue weighted by atomic mass is 10.0. The molecule has 1 aliphatic rings. The maximum Gasteiger partial charge on any atom is 0.273 e. The number of hydrogen-bond acceptors (Lipinski definition) is 5. The maximum absolute atomic E-state index is 12.6. The lowest BCUT2D eigenvalue weighted by Crippen LogP contribution is -2.48. The first-order valence-electron chi connectivity index (χ1n) is 9.10. The third-order valence-corrected chi connectivity index (χ3v) is 5.57. The zero-order valence-corrected chi connectivity index (χ0v) is 16.6. The van der Waals surface area contributed by atoms with E-state index >= 15 is 0 Å². The van der Waals surface area contributed by atoms with Gasteiger partial charge in [0.2, 0.25) is 0 Å². The second kappa shape index (κ2) is 8.75. The van der Waals surface area contributed by atoms with E-state index in [0.717, 1.165) is 37.7 Å². The van der Waals surface area contributed by atoms with Crippen molar-refractivity contribution < 1.29 is 9.53 Å². The van der Waals surface area contributed by atoms with Crippen LogP contribution < -0.4 is 0 Å². The minimum atomic E-state index is 0.0320. The molecular formula is C20H27N3O2S. The van der Waals surface area contributed by atoms with Crippen molar-refractivity contribution in [1.82, 2.24) is 14.8 Å². The lowest BCUT2D eigenvalue weighted by molar-refractivity contribution is 0.0623. The lowest BCUT2D eigenvalue weighted by Gasteiger charge is -2.34. The summed E-state index contributed by atoms with van der Waals surface area (Å²) in [4.78, 5) is 21.3. The highest BCUT2D eigenvalue weighted by molar-refractivity contribution is 7.09. The molecule has 0 saturated carbocycles. The molecule has 0 spiro atoms. The summed E-state index contributed by atoms with van der Waals surface area (Å²) in [7, 11) is 1.64. The average Bonchev–Trinajstić information content (AvgIpc) is 3.11. The van der Waals surface area contributed by atoms with Crippen LogP contribution in [0.2, 0.25) is 0 Å². The fourth-order valence-corrected chi connectivity index (χ4v) is 3.87. The number of carbonyl (C=O) groups excluding carboxylic acids is 1. The summed E-state index contributed by atoms with van der Waals surface area (Å²) in [5.41, 5.74) is 3.25. The molecule has 1 aliphatic heterocycles. The van der Waals surface area contributed by atoms with Gasteiger partial charge in [-0.05, 0) is 17.0 Å². The first-order valence-corrected chi connectivity index (χ1v) is 9.98. The molecule has 2 aromatic rings. The topological polar surface area (TPSA) is 45.7 Å². The van der Waals surface area contributed by atoms with Gasteiger partial charge in [0.25, 0.3) is 5.91 Å². The van der Waals surface area contributed by atoms with Crippen LogP contribution in [0.25, 0.3) is 0 Å². The van der Waals surface area contributed by atoms with E-state index < -0.39 is 0 Å². The Kier molecular flexibility index (Phi) is 6.40. The van der Waals surface area contributed by atoms with Crippen molar-refractivity contribution in [3.8, 4) is 0 Å². The fourth-order valence-electron chi connectivity index (χ4n) is 3.14. The SMILES string of the molecule is COCc1nc(C(=O)N2CCN(Cc3ccc(C(C)C)cc3)CC2)cs1. The summed E-state index contributed by atoms with van der Waals surface area (Å²) in [6, 6.07) is 8.89. The number of benzene rings is 1. The van der Waals surface area contributed by atoms with Crippen molar-refractivity contribution >= 4 is 17.2 Å². The van der Waals surface area contributed by atoms with Gasteiger partial charge in [0, 0.05) is 45.2 Å². The second-order valence-corrected chi connectivity index (χ2v) is 7.97. The number of hydrogen-bond donors (Lipinski definition) is 0. The smallest absolute Gasteiger partial charge is 0.273 e. The third-order valence-electron chi connectivity index (χ3n) is 4.75. The Hall–Kier alpha value is -1.76. The van der Waals surface area contributed by atoms with Gasteiger partial charge in [-0.1, -0.05) is 38.1 Å². The molecule has 26 heavy (non-hydrogen) atoms. The first kappa shape index (κ1) is 19.0. The summed E-state index contributed by atoms with van der Waals surface area (Å²) in [5, 5.41) is 2.68. The van der Waals surface area contributed by atoms with Crippen molar-refractivity contribution in [3.63, 3.8) is 0 Å². The van der Waals surface area contributed by atoms with Crippen molar-refractivity contribution in [1.29, 1.82) is 0 Å². The highest BCUT2D eigenvalue weighted by Crippen LogP contribution is 2.17. The van der Waals surface area contributed by atoms with E-state index in [1.807, 2.05) is 10.3 Å². The van der Waals surface area contributed by atoms with E-state index in [1.165, 1.54) is 22.5 Å². The fraction of sp³-hybridized carbons (Fsp3) is 0.500. The third kappa shape index (κ3) is 4.69. The molecule has 1 saturated heterocycles. The summed E-state index contributed by atoms with van der Waals surface area (Å²) in [6.45, 7) is 9.12. The van der Waals surface area contributed by atoms with E-state index in [9.17, 15) is 4.79 Å². The molecule has 1 aromatic carbocycles.